The molecule has 0 aliphatic carbocycles. The van der Waals surface area contributed by atoms with Gasteiger partial charge in [-0.25, -0.2) is 4.79 Å². The number of carbonyl (C=O) groups is 2. The molecule has 0 aromatic heterocycles. The molecule has 1 aromatic carbocycles. The maximum atomic E-state index is 11.5. The van der Waals surface area contributed by atoms with Crippen molar-refractivity contribution in [3.63, 3.8) is 0 Å². The first-order valence-corrected chi connectivity index (χ1v) is 10.2. The van der Waals surface area contributed by atoms with Gasteiger partial charge in [-0.1, -0.05) is 12.1 Å². The van der Waals surface area contributed by atoms with E-state index in [-0.39, 0.29) is 12.5 Å². The minimum Gasteiger partial charge on any atom is -0.494 e. The lowest BCUT2D eigenvalue weighted by Crippen LogP contribution is -2.36. The Hall–Kier alpha value is -2.28. The number of likely N-dealkylation sites (tertiary alicyclic amines) is 1. The number of nitrogens with one attached hydrogen (secondary N) is 2. The lowest BCUT2D eigenvalue weighted by atomic mass is 9.93. The van der Waals surface area contributed by atoms with E-state index in [4.69, 9.17) is 9.47 Å². The zero-order valence-corrected chi connectivity index (χ0v) is 17.0. The second-order valence-electron chi connectivity index (χ2n) is 7.08. The molecule has 0 radical (unpaired) electrons. The van der Waals surface area contributed by atoms with Gasteiger partial charge in [0.05, 0.1) is 6.61 Å². The van der Waals surface area contributed by atoms with Crippen molar-refractivity contribution in [1.29, 1.82) is 0 Å². The molecule has 1 saturated heterocycles. The SMILES string of the molecule is CCOc1ccc(CCN2CCC(CCNC(=O)OCC(=O)NC)CC2)cc1. The van der Waals surface area contributed by atoms with Crippen LogP contribution in [0.1, 0.15) is 31.7 Å². The zero-order chi connectivity index (χ0) is 20.2. The summed E-state index contributed by atoms with van der Waals surface area (Å²) >= 11 is 0. The van der Waals surface area contributed by atoms with E-state index in [0.29, 0.717) is 19.1 Å². The molecule has 1 heterocycles. The lowest BCUT2D eigenvalue weighted by molar-refractivity contribution is -0.123. The molecule has 1 aliphatic heterocycles. The minimum atomic E-state index is -0.531. The fourth-order valence-corrected chi connectivity index (χ4v) is 3.34. The number of likely N-dealkylation sites (N-methyl/N-ethyl adjacent to an activating group) is 1. The number of ether oxygens (including phenoxy) is 2. The van der Waals surface area contributed by atoms with Crippen LogP contribution in [-0.2, 0) is 16.0 Å². The van der Waals surface area contributed by atoms with Crippen molar-refractivity contribution in [3.8, 4) is 5.75 Å². The van der Waals surface area contributed by atoms with Crippen molar-refractivity contribution < 1.29 is 19.1 Å². The smallest absolute Gasteiger partial charge is 0.407 e. The first kappa shape index (κ1) is 22.0. The molecule has 2 rings (SSSR count). The summed E-state index contributed by atoms with van der Waals surface area (Å²) in [6.07, 6.45) is 3.77. The number of rotatable bonds is 10. The molecule has 2 amide bonds. The Balaban J connectivity index is 1.56. The molecule has 1 aromatic rings. The Morgan fingerprint density at radius 1 is 1.18 bits per heavy atom. The Morgan fingerprint density at radius 2 is 1.89 bits per heavy atom. The lowest BCUT2D eigenvalue weighted by Gasteiger charge is -2.32. The van der Waals surface area contributed by atoms with Gasteiger partial charge in [-0.2, -0.15) is 0 Å². The van der Waals surface area contributed by atoms with Crippen LogP contribution in [0, 0.1) is 5.92 Å². The van der Waals surface area contributed by atoms with Gasteiger partial charge >= 0.3 is 6.09 Å². The van der Waals surface area contributed by atoms with E-state index in [1.165, 1.54) is 12.6 Å². The van der Waals surface area contributed by atoms with Crippen molar-refractivity contribution >= 4 is 12.0 Å². The third-order valence-corrected chi connectivity index (χ3v) is 5.09. The van der Waals surface area contributed by atoms with Crippen molar-refractivity contribution in [2.24, 2.45) is 5.92 Å². The highest BCUT2D eigenvalue weighted by molar-refractivity contribution is 5.79. The number of piperidine rings is 1. The van der Waals surface area contributed by atoms with Crippen molar-refractivity contribution in [2.45, 2.75) is 32.6 Å². The molecule has 0 saturated carbocycles. The third-order valence-electron chi connectivity index (χ3n) is 5.09. The first-order chi connectivity index (χ1) is 13.6. The number of amides is 2. The Labute approximate surface area is 167 Å². The van der Waals surface area contributed by atoms with Gasteiger partial charge in [-0.3, -0.25) is 4.79 Å². The molecule has 0 spiro atoms. The summed E-state index contributed by atoms with van der Waals surface area (Å²) in [5.41, 5.74) is 1.34. The van der Waals surface area contributed by atoms with Gasteiger partial charge in [-0.05, 0) is 69.3 Å². The Morgan fingerprint density at radius 3 is 2.54 bits per heavy atom. The van der Waals surface area contributed by atoms with Crippen LogP contribution in [-0.4, -0.2) is 63.3 Å². The van der Waals surface area contributed by atoms with Crippen LogP contribution in [0.2, 0.25) is 0 Å². The summed E-state index contributed by atoms with van der Waals surface area (Å²) in [6.45, 7) is 6.31. The standard InChI is InChI=1S/C21H33N3O4/c1-3-27-19-6-4-17(5-7-19)9-13-24-14-10-18(11-15-24)8-12-23-21(26)28-16-20(25)22-2/h4-7,18H,3,8-16H2,1-2H3,(H,22,25)(H,23,26). The molecule has 1 fully saturated rings. The van der Waals surface area contributed by atoms with Crippen molar-refractivity contribution in [2.75, 3.05) is 46.4 Å². The topological polar surface area (TPSA) is 79.9 Å². The van der Waals surface area contributed by atoms with Crippen LogP contribution >= 0.6 is 0 Å². The molecule has 0 unspecified atom stereocenters. The second kappa shape index (κ2) is 12.2. The maximum absolute atomic E-state index is 11.5. The van der Waals surface area contributed by atoms with Gasteiger partial charge in [0.25, 0.3) is 5.91 Å². The highest BCUT2D eigenvalue weighted by Gasteiger charge is 2.19. The fraction of sp³-hybridized carbons (Fsp3) is 0.619. The second-order valence-corrected chi connectivity index (χ2v) is 7.08. The van der Waals surface area contributed by atoms with Gasteiger partial charge in [0.1, 0.15) is 5.75 Å². The van der Waals surface area contributed by atoms with Crippen LogP contribution < -0.4 is 15.4 Å². The van der Waals surface area contributed by atoms with E-state index >= 15 is 0 Å². The first-order valence-electron chi connectivity index (χ1n) is 10.2. The van der Waals surface area contributed by atoms with Crippen LogP contribution in [0.4, 0.5) is 4.79 Å². The average molecular weight is 392 g/mol. The fourth-order valence-electron chi connectivity index (χ4n) is 3.34. The number of hydrogen-bond acceptors (Lipinski definition) is 5. The van der Waals surface area contributed by atoms with Gasteiger partial charge in [0.15, 0.2) is 6.61 Å². The minimum absolute atomic E-state index is 0.241. The summed E-state index contributed by atoms with van der Waals surface area (Å²) < 4.78 is 10.3. The predicted molar refractivity (Wildman–Crippen MR) is 109 cm³/mol. The molecule has 156 valence electrons. The van der Waals surface area contributed by atoms with Gasteiger partial charge in [0, 0.05) is 20.1 Å². The normalized spacial score (nSPS) is 15.1. The highest BCUT2D eigenvalue weighted by atomic mass is 16.6. The molecule has 0 bridgehead atoms. The largest absolute Gasteiger partial charge is 0.494 e. The number of hydrogen-bond donors (Lipinski definition) is 2. The molecular formula is C21H33N3O4. The van der Waals surface area contributed by atoms with Gasteiger partial charge < -0.3 is 25.0 Å². The molecule has 7 nitrogen and oxygen atoms in total. The highest BCUT2D eigenvalue weighted by Crippen LogP contribution is 2.20. The van der Waals surface area contributed by atoms with Crippen LogP contribution in [0.3, 0.4) is 0 Å². The molecule has 1 aliphatic rings. The maximum Gasteiger partial charge on any atom is 0.407 e. The molecule has 2 N–H and O–H groups in total. The molecular weight excluding hydrogens is 358 g/mol. The van der Waals surface area contributed by atoms with Gasteiger partial charge in [-0.15, -0.1) is 0 Å². The van der Waals surface area contributed by atoms with E-state index in [1.807, 2.05) is 19.1 Å². The predicted octanol–water partition coefficient (Wildman–Crippen LogP) is 2.20. The monoisotopic (exact) mass is 391 g/mol. The van der Waals surface area contributed by atoms with E-state index in [9.17, 15) is 9.59 Å². The van der Waals surface area contributed by atoms with Crippen LogP contribution in [0.5, 0.6) is 5.75 Å². The molecule has 7 heteroatoms. The quantitative estimate of drug-likeness (QED) is 0.639. The number of nitrogens with zero attached hydrogens (tertiary/aromatic N) is 1. The van der Waals surface area contributed by atoms with E-state index in [0.717, 1.165) is 51.1 Å². The Bertz CT molecular complexity index is 598. The van der Waals surface area contributed by atoms with Gasteiger partial charge in [0.2, 0.25) is 0 Å². The van der Waals surface area contributed by atoms with E-state index in [2.05, 4.69) is 27.7 Å². The van der Waals surface area contributed by atoms with Crippen LogP contribution in [0.15, 0.2) is 24.3 Å². The average Bonchev–Trinajstić information content (AvgIpc) is 2.72. The van der Waals surface area contributed by atoms with E-state index in [1.54, 1.807) is 0 Å². The summed E-state index contributed by atoms with van der Waals surface area (Å²) in [5.74, 6) is 1.24. The number of carbonyl (C=O) groups excluding carboxylic acids is 2. The summed E-state index contributed by atoms with van der Waals surface area (Å²) in [6, 6.07) is 8.37. The molecule has 28 heavy (non-hydrogen) atoms. The summed E-state index contributed by atoms with van der Waals surface area (Å²) in [7, 11) is 1.51. The van der Waals surface area contributed by atoms with Crippen molar-refractivity contribution in [1.82, 2.24) is 15.5 Å². The number of alkyl carbamates (subject to hydrolysis) is 1. The Kier molecular flexibility index (Phi) is 9.62. The molecule has 0 atom stereocenters. The summed E-state index contributed by atoms with van der Waals surface area (Å²) in [5, 5.41) is 5.12. The zero-order valence-electron chi connectivity index (χ0n) is 17.0. The van der Waals surface area contributed by atoms with Crippen molar-refractivity contribution in [3.05, 3.63) is 29.8 Å². The summed E-state index contributed by atoms with van der Waals surface area (Å²) in [4.78, 5) is 25.0. The van der Waals surface area contributed by atoms with Crippen LogP contribution in [0.25, 0.3) is 0 Å². The van der Waals surface area contributed by atoms with E-state index < -0.39 is 6.09 Å². The third kappa shape index (κ3) is 8.17. The number of benzene rings is 1.